The van der Waals surface area contributed by atoms with Crippen molar-refractivity contribution in [3.8, 4) is 0 Å². The van der Waals surface area contributed by atoms with Gasteiger partial charge in [-0.1, -0.05) is 42.5 Å². The van der Waals surface area contributed by atoms with Crippen LogP contribution in [0, 0.1) is 0 Å². The van der Waals surface area contributed by atoms with Gasteiger partial charge in [0.1, 0.15) is 0 Å². The number of nitrogens with zero attached hydrogens (tertiary/aromatic N) is 2. The minimum absolute atomic E-state index is 0.400. The van der Waals surface area contributed by atoms with E-state index in [1.54, 1.807) is 7.11 Å². The standard InChI is InChI=1S/C22H30N4O/c1-3-23-22(24-15-18-9-7-8-10-19(18)17-27-2)25-20-13-14-26(16-20)21-11-5-4-6-12-21/h4-12,20H,3,13-17H2,1-2H3,(H2,23,24,25). The van der Waals surface area contributed by atoms with E-state index in [9.17, 15) is 0 Å². The summed E-state index contributed by atoms with van der Waals surface area (Å²) in [6, 6.07) is 19.3. The number of ether oxygens (including phenoxy) is 1. The van der Waals surface area contributed by atoms with Crippen LogP contribution in [0.1, 0.15) is 24.5 Å². The van der Waals surface area contributed by atoms with Crippen LogP contribution in [-0.2, 0) is 17.9 Å². The summed E-state index contributed by atoms with van der Waals surface area (Å²) in [5, 5.41) is 6.98. The van der Waals surface area contributed by atoms with Crippen LogP contribution in [0.4, 0.5) is 5.69 Å². The highest BCUT2D eigenvalue weighted by Gasteiger charge is 2.23. The largest absolute Gasteiger partial charge is 0.380 e. The Labute approximate surface area is 162 Å². The van der Waals surface area contributed by atoms with Crippen molar-refractivity contribution in [2.24, 2.45) is 4.99 Å². The second kappa shape index (κ2) is 9.97. The monoisotopic (exact) mass is 366 g/mol. The second-order valence-corrected chi connectivity index (χ2v) is 6.81. The Morgan fingerprint density at radius 1 is 1.11 bits per heavy atom. The predicted octanol–water partition coefficient (Wildman–Crippen LogP) is 3.17. The molecule has 1 fully saturated rings. The minimum atomic E-state index is 0.400. The SMILES string of the molecule is CCNC(=NCc1ccccc1COC)NC1CCN(c2ccccc2)C1. The van der Waals surface area contributed by atoms with E-state index in [1.807, 2.05) is 6.07 Å². The molecule has 0 amide bonds. The Morgan fingerprint density at radius 3 is 2.59 bits per heavy atom. The van der Waals surface area contributed by atoms with Crippen LogP contribution in [0.2, 0.25) is 0 Å². The first-order valence-electron chi connectivity index (χ1n) is 9.70. The van der Waals surface area contributed by atoms with E-state index in [0.29, 0.717) is 19.2 Å². The zero-order valence-electron chi connectivity index (χ0n) is 16.3. The van der Waals surface area contributed by atoms with E-state index in [-0.39, 0.29) is 0 Å². The summed E-state index contributed by atoms with van der Waals surface area (Å²) in [7, 11) is 1.73. The molecule has 144 valence electrons. The molecule has 0 spiro atoms. The van der Waals surface area contributed by atoms with Crippen molar-refractivity contribution in [2.45, 2.75) is 32.5 Å². The lowest BCUT2D eigenvalue weighted by molar-refractivity contribution is 0.184. The molecule has 2 aromatic rings. The van der Waals surface area contributed by atoms with Crippen molar-refractivity contribution in [3.05, 3.63) is 65.7 Å². The summed E-state index contributed by atoms with van der Waals surface area (Å²) in [6.45, 7) is 6.27. The average molecular weight is 367 g/mol. The normalized spacial score (nSPS) is 17.2. The first-order chi connectivity index (χ1) is 13.3. The van der Waals surface area contributed by atoms with Crippen LogP contribution in [0.15, 0.2) is 59.6 Å². The molecule has 2 aromatic carbocycles. The van der Waals surface area contributed by atoms with Gasteiger partial charge in [0.2, 0.25) is 0 Å². The van der Waals surface area contributed by atoms with E-state index in [1.165, 1.54) is 16.8 Å². The third kappa shape index (κ3) is 5.47. The lowest BCUT2D eigenvalue weighted by atomic mass is 10.1. The van der Waals surface area contributed by atoms with Crippen molar-refractivity contribution >= 4 is 11.6 Å². The van der Waals surface area contributed by atoms with Crippen molar-refractivity contribution < 1.29 is 4.74 Å². The quantitative estimate of drug-likeness (QED) is 0.584. The summed E-state index contributed by atoms with van der Waals surface area (Å²) < 4.78 is 5.30. The molecule has 5 heteroatoms. The summed E-state index contributed by atoms with van der Waals surface area (Å²) >= 11 is 0. The minimum Gasteiger partial charge on any atom is -0.380 e. The molecule has 5 nitrogen and oxygen atoms in total. The number of hydrogen-bond donors (Lipinski definition) is 2. The number of nitrogens with one attached hydrogen (secondary N) is 2. The molecular formula is C22H30N4O. The highest BCUT2D eigenvalue weighted by Crippen LogP contribution is 2.19. The fourth-order valence-electron chi connectivity index (χ4n) is 3.44. The maximum Gasteiger partial charge on any atom is 0.191 e. The average Bonchev–Trinajstić information content (AvgIpc) is 3.17. The first kappa shape index (κ1) is 19.2. The molecule has 1 saturated heterocycles. The van der Waals surface area contributed by atoms with Crippen LogP contribution in [0.5, 0.6) is 0 Å². The van der Waals surface area contributed by atoms with Crippen molar-refractivity contribution in [1.82, 2.24) is 10.6 Å². The van der Waals surface area contributed by atoms with Gasteiger partial charge in [-0.2, -0.15) is 0 Å². The summed E-state index contributed by atoms with van der Waals surface area (Å²) in [6.07, 6.45) is 1.11. The Kier molecular flexibility index (Phi) is 7.11. The molecule has 1 heterocycles. The van der Waals surface area contributed by atoms with E-state index in [4.69, 9.17) is 9.73 Å². The first-order valence-corrected chi connectivity index (χ1v) is 9.70. The molecule has 1 aliphatic heterocycles. The van der Waals surface area contributed by atoms with Gasteiger partial charge in [0.15, 0.2) is 5.96 Å². The number of aliphatic imine (C=N–C) groups is 1. The lowest BCUT2D eigenvalue weighted by Gasteiger charge is -2.20. The third-order valence-electron chi connectivity index (χ3n) is 4.82. The van der Waals surface area contributed by atoms with Gasteiger partial charge in [0.05, 0.1) is 13.2 Å². The Balaban J connectivity index is 1.62. The fraction of sp³-hybridized carbons (Fsp3) is 0.409. The summed E-state index contributed by atoms with van der Waals surface area (Å²) in [5.41, 5.74) is 3.68. The smallest absolute Gasteiger partial charge is 0.191 e. The number of rotatable bonds is 7. The zero-order valence-corrected chi connectivity index (χ0v) is 16.3. The van der Waals surface area contributed by atoms with E-state index < -0.39 is 0 Å². The number of guanidine groups is 1. The molecule has 0 radical (unpaired) electrons. The summed E-state index contributed by atoms with van der Waals surface area (Å²) in [4.78, 5) is 7.23. The van der Waals surface area contributed by atoms with Crippen LogP contribution in [0.3, 0.4) is 0 Å². The van der Waals surface area contributed by atoms with Crippen LogP contribution < -0.4 is 15.5 Å². The highest BCUT2D eigenvalue weighted by atomic mass is 16.5. The molecule has 0 aliphatic carbocycles. The third-order valence-corrected chi connectivity index (χ3v) is 4.82. The molecule has 3 rings (SSSR count). The van der Waals surface area contributed by atoms with Gasteiger partial charge in [-0.05, 0) is 36.6 Å². The lowest BCUT2D eigenvalue weighted by Crippen LogP contribution is -2.44. The molecule has 1 unspecified atom stereocenters. The molecule has 1 atom stereocenters. The van der Waals surface area contributed by atoms with Crippen molar-refractivity contribution in [3.63, 3.8) is 0 Å². The molecule has 0 bridgehead atoms. The Morgan fingerprint density at radius 2 is 1.85 bits per heavy atom. The van der Waals surface area contributed by atoms with E-state index in [0.717, 1.165) is 32.0 Å². The Bertz CT molecular complexity index is 732. The van der Waals surface area contributed by atoms with Gasteiger partial charge in [0.25, 0.3) is 0 Å². The molecule has 1 aliphatic rings. The van der Waals surface area contributed by atoms with Gasteiger partial charge in [-0.15, -0.1) is 0 Å². The van der Waals surface area contributed by atoms with Crippen LogP contribution >= 0.6 is 0 Å². The Hall–Kier alpha value is -2.53. The van der Waals surface area contributed by atoms with Gasteiger partial charge in [-0.3, -0.25) is 0 Å². The van der Waals surface area contributed by atoms with Crippen LogP contribution in [0.25, 0.3) is 0 Å². The predicted molar refractivity (Wildman–Crippen MR) is 112 cm³/mol. The van der Waals surface area contributed by atoms with E-state index in [2.05, 4.69) is 71.0 Å². The number of para-hydroxylation sites is 1. The number of anilines is 1. The molecule has 0 saturated carbocycles. The molecule has 2 N–H and O–H groups in total. The number of methoxy groups -OCH3 is 1. The van der Waals surface area contributed by atoms with Crippen molar-refractivity contribution in [1.29, 1.82) is 0 Å². The number of benzene rings is 2. The van der Waals surface area contributed by atoms with Crippen molar-refractivity contribution in [2.75, 3.05) is 31.6 Å². The molecular weight excluding hydrogens is 336 g/mol. The zero-order chi connectivity index (χ0) is 18.9. The maximum atomic E-state index is 5.30. The second-order valence-electron chi connectivity index (χ2n) is 6.81. The highest BCUT2D eigenvalue weighted by molar-refractivity contribution is 5.80. The number of hydrogen-bond acceptors (Lipinski definition) is 3. The maximum absolute atomic E-state index is 5.30. The van der Waals surface area contributed by atoms with E-state index >= 15 is 0 Å². The summed E-state index contributed by atoms with van der Waals surface area (Å²) in [5.74, 6) is 0.879. The topological polar surface area (TPSA) is 48.9 Å². The van der Waals surface area contributed by atoms with Gasteiger partial charge in [-0.25, -0.2) is 4.99 Å². The van der Waals surface area contributed by atoms with Gasteiger partial charge < -0.3 is 20.3 Å². The van der Waals surface area contributed by atoms with Gasteiger partial charge in [0, 0.05) is 38.5 Å². The fourth-order valence-corrected chi connectivity index (χ4v) is 3.44. The molecule has 0 aromatic heterocycles. The molecule has 27 heavy (non-hydrogen) atoms. The van der Waals surface area contributed by atoms with Crippen LogP contribution in [-0.4, -0.2) is 38.7 Å². The van der Waals surface area contributed by atoms with Gasteiger partial charge >= 0.3 is 0 Å².